The lowest BCUT2D eigenvalue weighted by atomic mass is 10.1. The Morgan fingerprint density at radius 1 is 0.382 bits per heavy atom. The van der Waals surface area contributed by atoms with Gasteiger partial charge in [-0.2, -0.15) is 0 Å². The van der Waals surface area contributed by atoms with Gasteiger partial charge in [0.15, 0.2) is 18.5 Å². The van der Waals surface area contributed by atoms with Crippen LogP contribution in [0.3, 0.4) is 0 Å². The molecule has 0 saturated carbocycles. The van der Waals surface area contributed by atoms with Crippen LogP contribution in [0.5, 0.6) is 0 Å². The van der Waals surface area contributed by atoms with Crippen LogP contribution in [0.25, 0.3) is 0 Å². The molecule has 3 unspecified atom stereocenters. The standard InChI is InChI=1S/C20H47N4O10/c25-8-1-21(2-9-26)18(15-32)24(7-14-31,19(16-33)22(3-10-27)4-11-28)20(17-34)23(5-12-29)6-13-30/h18-20,25-34H,1-17H2/q+1. The number of rotatable bonds is 23. The highest BCUT2D eigenvalue weighted by Crippen LogP contribution is 2.31. The van der Waals surface area contributed by atoms with E-state index >= 15 is 0 Å². The van der Waals surface area contributed by atoms with E-state index in [-0.39, 0.29) is 85.5 Å². The van der Waals surface area contributed by atoms with Gasteiger partial charge >= 0.3 is 0 Å². The van der Waals surface area contributed by atoms with E-state index in [2.05, 4.69) is 0 Å². The summed E-state index contributed by atoms with van der Waals surface area (Å²) in [5, 5.41) is 99.7. The maximum atomic E-state index is 10.6. The van der Waals surface area contributed by atoms with Gasteiger partial charge < -0.3 is 51.1 Å². The smallest absolute Gasteiger partial charge is 0.171 e. The van der Waals surface area contributed by atoms with Gasteiger partial charge in [-0.3, -0.25) is 4.48 Å². The highest BCUT2D eigenvalue weighted by molar-refractivity contribution is 4.77. The fourth-order valence-electron chi connectivity index (χ4n) is 4.93. The van der Waals surface area contributed by atoms with E-state index in [4.69, 9.17) is 0 Å². The Bertz CT molecular complexity index is 405. The van der Waals surface area contributed by atoms with Gasteiger partial charge in [0, 0.05) is 39.3 Å². The summed E-state index contributed by atoms with van der Waals surface area (Å²) in [6, 6.07) is 0. The first-order chi connectivity index (χ1) is 16.5. The number of aliphatic hydroxyl groups excluding tert-OH is 10. The van der Waals surface area contributed by atoms with Crippen LogP contribution in [0.4, 0.5) is 0 Å². The normalized spacial score (nSPS) is 16.9. The number of quaternary nitrogens is 1. The molecule has 34 heavy (non-hydrogen) atoms. The second-order valence-corrected chi connectivity index (χ2v) is 7.88. The highest BCUT2D eigenvalue weighted by atomic mass is 16.3. The van der Waals surface area contributed by atoms with Gasteiger partial charge in [0.05, 0.1) is 46.2 Å². The SMILES string of the molecule is OCCN(CCO)C(CO)[N+](CCO)(C(CO)N(CCO)CCO)C(CO)N(CCO)CCO. The largest absolute Gasteiger partial charge is 0.395 e. The number of hydrogen-bond donors (Lipinski definition) is 10. The lowest BCUT2D eigenvalue weighted by Gasteiger charge is -2.59. The topological polar surface area (TPSA) is 212 Å². The summed E-state index contributed by atoms with van der Waals surface area (Å²) in [5.41, 5.74) is 0. The van der Waals surface area contributed by atoms with E-state index in [0.717, 1.165) is 0 Å². The fourth-order valence-corrected chi connectivity index (χ4v) is 4.93. The van der Waals surface area contributed by atoms with Crippen molar-refractivity contribution in [3.63, 3.8) is 0 Å². The van der Waals surface area contributed by atoms with Gasteiger partial charge in [0.25, 0.3) is 0 Å². The zero-order valence-corrected chi connectivity index (χ0v) is 20.0. The zero-order valence-electron chi connectivity index (χ0n) is 20.0. The maximum absolute atomic E-state index is 10.6. The van der Waals surface area contributed by atoms with E-state index in [9.17, 15) is 51.1 Å². The second-order valence-electron chi connectivity index (χ2n) is 7.88. The molecule has 14 heteroatoms. The minimum atomic E-state index is -0.986. The minimum absolute atomic E-state index is 0.0213. The van der Waals surface area contributed by atoms with Crippen molar-refractivity contribution in [1.29, 1.82) is 0 Å². The van der Waals surface area contributed by atoms with Crippen LogP contribution in [0.2, 0.25) is 0 Å². The average Bonchev–Trinajstić information content (AvgIpc) is 2.81. The van der Waals surface area contributed by atoms with Gasteiger partial charge in [-0.25, -0.2) is 14.7 Å². The molecule has 0 amide bonds. The molecule has 0 heterocycles. The van der Waals surface area contributed by atoms with E-state index in [1.54, 1.807) is 14.7 Å². The molecule has 0 radical (unpaired) electrons. The molecular weight excluding hydrogens is 456 g/mol. The fraction of sp³-hybridized carbons (Fsp3) is 1.00. The van der Waals surface area contributed by atoms with Crippen LogP contribution in [0.15, 0.2) is 0 Å². The van der Waals surface area contributed by atoms with Gasteiger partial charge in [-0.15, -0.1) is 0 Å². The quantitative estimate of drug-likeness (QED) is 0.0465. The third kappa shape index (κ3) is 8.83. The van der Waals surface area contributed by atoms with E-state index in [0.29, 0.717) is 0 Å². The molecule has 0 aliphatic heterocycles. The van der Waals surface area contributed by atoms with Gasteiger partial charge in [0.2, 0.25) is 0 Å². The summed E-state index contributed by atoms with van der Waals surface area (Å²) in [6.07, 6.45) is -2.96. The Labute approximate surface area is 201 Å². The summed E-state index contributed by atoms with van der Waals surface area (Å²) < 4.78 is -0.417. The molecular formula is C20H47N4O10+. The second kappa shape index (κ2) is 19.6. The Hall–Kier alpha value is -0.560. The molecule has 0 fully saturated rings. The maximum Gasteiger partial charge on any atom is 0.171 e. The lowest BCUT2D eigenvalue weighted by Crippen LogP contribution is -2.80. The van der Waals surface area contributed by atoms with Crippen LogP contribution in [0.1, 0.15) is 0 Å². The third-order valence-electron chi connectivity index (χ3n) is 6.23. The number of nitrogens with zero attached hydrogens (tertiary/aromatic N) is 4. The summed E-state index contributed by atoms with van der Waals surface area (Å²) in [7, 11) is 0. The van der Waals surface area contributed by atoms with Crippen molar-refractivity contribution in [3.8, 4) is 0 Å². The molecule has 0 aromatic heterocycles. The molecule has 0 spiro atoms. The molecule has 0 saturated heterocycles. The molecule has 0 rings (SSSR count). The first-order valence-electron chi connectivity index (χ1n) is 11.6. The van der Waals surface area contributed by atoms with Crippen LogP contribution in [0, 0.1) is 0 Å². The van der Waals surface area contributed by atoms with E-state index in [1.165, 1.54) is 0 Å². The van der Waals surface area contributed by atoms with Crippen molar-refractivity contribution in [2.24, 2.45) is 0 Å². The predicted molar refractivity (Wildman–Crippen MR) is 122 cm³/mol. The highest BCUT2D eigenvalue weighted by Gasteiger charge is 2.54. The summed E-state index contributed by atoms with van der Waals surface area (Å²) in [5.74, 6) is 0. The van der Waals surface area contributed by atoms with Crippen molar-refractivity contribution in [2.75, 3.05) is 112 Å². The van der Waals surface area contributed by atoms with E-state index in [1.807, 2.05) is 0 Å². The summed E-state index contributed by atoms with van der Waals surface area (Å²) in [6.45, 7) is -4.08. The molecule has 0 aromatic rings. The van der Waals surface area contributed by atoms with Crippen LogP contribution in [-0.4, -0.2) is 201 Å². The molecule has 206 valence electrons. The molecule has 10 N–H and O–H groups in total. The molecule has 0 aliphatic rings. The summed E-state index contributed by atoms with van der Waals surface area (Å²) >= 11 is 0. The molecule has 0 aromatic carbocycles. The molecule has 14 nitrogen and oxygen atoms in total. The lowest BCUT2D eigenvalue weighted by molar-refractivity contribution is -1.02. The van der Waals surface area contributed by atoms with Crippen molar-refractivity contribution < 1.29 is 55.5 Å². The van der Waals surface area contributed by atoms with Crippen LogP contribution >= 0.6 is 0 Å². The van der Waals surface area contributed by atoms with Crippen LogP contribution in [-0.2, 0) is 0 Å². The van der Waals surface area contributed by atoms with Crippen molar-refractivity contribution in [3.05, 3.63) is 0 Å². The van der Waals surface area contributed by atoms with E-state index < -0.39 is 49.4 Å². The van der Waals surface area contributed by atoms with Gasteiger partial charge in [-0.05, 0) is 0 Å². The first-order valence-corrected chi connectivity index (χ1v) is 11.6. The summed E-state index contributed by atoms with van der Waals surface area (Å²) in [4.78, 5) is 4.73. The molecule has 0 aliphatic carbocycles. The molecule has 0 bridgehead atoms. The monoisotopic (exact) mass is 503 g/mol. The van der Waals surface area contributed by atoms with Crippen molar-refractivity contribution in [1.82, 2.24) is 14.7 Å². The Morgan fingerprint density at radius 2 is 0.618 bits per heavy atom. The van der Waals surface area contributed by atoms with Gasteiger partial charge in [-0.1, -0.05) is 0 Å². The number of hydrogen-bond acceptors (Lipinski definition) is 13. The van der Waals surface area contributed by atoms with Crippen LogP contribution < -0.4 is 0 Å². The first kappa shape index (κ1) is 33.4. The van der Waals surface area contributed by atoms with Crippen molar-refractivity contribution in [2.45, 2.75) is 18.5 Å². The van der Waals surface area contributed by atoms with Gasteiger partial charge in [0.1, 0.15) is 26.4 Å². The Kier molecular flexibility index (Phi) is 19.3. The predicted octanol–water partition coefficient (Wildman–Crippen LogP) is -6.39. The Morgan fingerprint density at radius 3 is 0.765 bits per heavy atom. The Balaban J connectivity index is 7.16. The minimum Gasteiger partial charge on any atom is -0.395 e. The third-order valence-corrected chi connectivity index (χ3v) is 6.23. The van der Waals surface area contributed by atoms with Crippen molar-refractivity contribution >= 4 is 0 Å². The zero-order chi connectivity index (χ0) is 26.0. The number of aliphatic hydroxyl groups is 10. The molecule has 3 atom stereocenters. The average molecular weight is 504 g/mol.